The van der Waals surface area contributed by atoms with Crippen molar-refractivity contribution in [1.29, 1.82) is 0 Å². The molecule has 2 aromatic heterocycles. The molecular weight excluding hydrogens is 397 g/mol. The third kappa shape index (κ3) is 3.26. The number of amides is 1. The van der Waals surface area contributed by atoms with Gasteiger partial charge in [0.15, 0.2) is 0 Å². The van der Waals surface area contributed by atoms with Gasteiger partial charge in [-0.25, -0.2) is 9.50 Å². The summed E-state index contributed by atoms with van der Waals surface area (Å²) >= 11 is 0. The van der Waals surface area contributed by atoms with Gasteiger partial charge in [0.25, 0.3) is 5.91 Å². The second kappa shape index (κ2) is 6.98. The summed E-state index contributed by atoms with van der Waals surface area (Å²) in [5.41, 5.74) is -0.454. The number of halogens is 3. The van der Waals surface area contributed by atoms with Gasteiger partial charge in [-0.1, -0.05) is 12.1 Å². The number of alkyl halides is 3. The minimum absolute atomic E-state index is 0.144. The summed E-state index contributed by atoms with van der Waals surface area (Å²) in [6.45, 7) is 1.65. The van der Waals surface area contributed by atoms with Crippen molar-refractivity contribution >= 4 is 23.1 Å². The van der Waals surface area contributed by atoms with Crippen molar-refractivity contribution < 1.29 is 18.0 Å². The van der Waals surface area contributed by atoms with Crippen LogP contribution in [0, 0.1) is 0 Å². The molecule has 3 aliphatic heterocycles. The molecule has 156 valence electrons. The second-order valence-electron chi connectivity index (χ2n) is 7.60. The number of carbonyl (C=O) groups is 1. The first-order valence-corrected chi connectivity index (χ1v) is 9.72. The van der Waals surface area contributed by atoms with Crippen LogP contribution < -0.4 is 15.5 Å². The van der Waals surface area contributed by atoms with Crippen LogP contribution in [-0.2, 0) is 6.18 Å². The maximum absolute atomic E-state index is 13.2. The SMILES string of the molecule is O=C(Nc1ccccc1C(F)(F)F)c1ccc2cnc(N3CC4CCC3CN4)nn12. The second-order valence-corrected chi connectivity index (χ2v) is 7.60. The number of fused-ring (bicyclic) bond motifs is 4. The molecule has 0 radical (unpaired) electrons. The summed E-state index contributed by atoms with van der Waals surface area (Å²) in [4.78, 5) is 19.4. The smallest absolute Gasteiger partial charge is 0.334 e. The molecule has 5 heterocycles. The van der Waals surface area contributed by atoms with Crippen LogP contribution in [0.4, 0.5) is 24.8 Å². The third-order valence-corrected chi connectivity index (χ3v) is 5.71. The molecule has 2 N–H and O–H groups in total. The predicted molar refractivity (Wildman–Crippen MR) is 105 cm³/mol. The van der Waals surface area contributed by atoms with Gasteiger partial charge in [0.05, 0.1) is 23.0 Å². The normalized spacial score (nSPS) is 21.2. The maximum Gasteiger partial charge on any atom is 0.418 e. The van der Waals surface area contributed by atoms with Crippen molar-refractivity contribution in [2.45, 2.75) is 31.1 Å². The molecule has 3 saturated heterocycles. The van der Waals surface area contributed by atoms with Crippen molar-refractivity contribution in [1.82, 2.24) is 19.9 Å². The molecule has 7 nitrogen and oxygen atoms in total. The molecule has 3 aliphatic rings. The van der Waals surface area contributed by atoms with Gasteiger partial charge >= 0.3 is 6.18 Å². The Labute approximate surface area is 169 Å². The first-order valence-electron chi connectivity index (χ1n) is 9.72. The van der Waals surface area contributed by atoms with Gasteiger partial charge in [0.2, 0.25) is 5.95 Å². The Hall–Kier alpha value is -3.14. The van der Waals surface area contributed by atoms with Crippen LogP contribution in [0.1, 0.15) is 28.9 Å². The molecule has 2 unspecified atom stereocenters. The number of carbonyl (C=O) groups excluding carboxylic acids is 1. The average molecular weight is 416 g/mol. The van der Waals surface area contributed by atoms with Crippen molar-refractivity contribution in [3.8, 4) is 0 Å². The van der Waals surface area contributed by atoms with Crippen LogP contribution >= 0.6 is 0 Å². The number of piperidine rings is 2. The highest BCUT2D eigenvalue weighted by Gasteiger charge is 2.35. The molecule has 30 heavy (non-hydrogen) atoms. The number of benzene rings is 1. The first kappa shape index (κ1) is 18.9. The monoisotopic (exact) mass is 416 g/mol. The quantitative estimate of drug-likeness (QED) is 0.687. The fourth-order valence-corrected chi connectivity index (χ4v) is 4.18. The summed E-state index contributed by atoms with van der Waals surface area (Å²) in [5.74, 6) is -0.155. The van der Waals surface area contributed by atoms with Gasteiger partial charge in [0, 0.05) is 25.2 Å². The van der Waals surface area contributed by atoms with Crippen molar-refractivity contribution in [2.75, 3.05) is 23.3 Å². The topological polar surface area (TPSA) is 74.6 Å². The molecule has 0 aliphatic carbocycles. The van der Waals surface area contributed by atoms with E-state index in [2.05, 4.69) is 25.6 Å². The molecule has 6 rings (SSSR count). The summed E-state index contributed by atoms with van der Waals surface area (Å²) < 4.78 is 41.2. The lowest BCUT2D eigenvalue weighted by Gasteiger charge is -2.45. The lowest BCUT2D eigenvalue weighted by molar-refractivity contribution is -0.136. The van der Waals surface area contributed by atoms with Crippen molar-refractivity contribution in [3.05, 3.63) is 53.9 Å². The molecule has 3 fully saturated rings. The summed E-state index contributed by atoms with van der Waals surface area (Å²) in [6.07, 6.45) is -0.786. The minimum atomic E-state index is -4.57. The Morgan fingerprint density at radius 3 is 2.70 bits per heavy atom. The summed E-state index contributed by atoms with van der Waals surface area (Å²) in [5, 5.41) is 10.4. The first-order chi connectivity index (χ1) is 14.4. The van der Waals surface area contributed by atoms with Crippen molar-refractivity contribution in [3.63, 3.8) is 0 Å². The molecular formula is C20H19F3N6O. The minimum Gasteiger partial charge on any atom is -0.334 e. The van der Waals surface area contributed by atoms with E-state index in [9.17, 15) is 18.0 Å². The Morgan fingerprint density at radius 1 is 1.17 bits per heavy atom. The highest BCUT2D eigenvalue weighted by Crippen LogP contribution is 2.34. The predicted octanol–water partition coefficient (Wildman–Crippen LogP) is 2.94. The molecule has 3 aromatic rings. The van der Waals surface area contributed by atoms with E-state index in [1.807, 2.05) is 0 Å². The Kier molecular flexibility index (Phi) is 4.39. The lowest BCUT2D eigenvalue weighted by Crippen LogP contribution is -2.61. The van der Waals surface area contributed by atoms with Gasteiger partial charge in [-0.05, 0) is 37.1 Å². The summed E-state index contributed by atoms with van der Waals surface area (Å²) in [6, 6.07) is 8.77. The zero-order valence-electron chi connectivity index (χ0n) is 15.9. The third-order valence-electron chi connectivity index (χ3n) is 5.71. The van der Waals surface area contributed by atoms with E-state index in [0.717, 1.165) is 32.0 Å². The van der Waals surface area contributed by atoms with Gasteiger partial charge in [-0.2, -0.15) is 13.2 Å². The number of para-hydroxylation sites is 1. The van der Waals surface area contributed by atoms with E-state index < -0.39 is 17.6 Å². The molecule has 0 saturated carbocycles. The molecule has 2 bridgehead atoms. The number of nitrogens with zero attached hydrogens (tertiary/aromatic N) is 4. The number of anilines is 2. The van der Waals surface area contributed by atoms with Gasteiger partial charge in [-0.3, -0.25) is 4.79 Å². The number of hydrogen-bond donors (Lipinski definition) is 2. The van der Waals surface area contributed by atoms with E-state index in [1.165, 1.54) is 28.8 Å². The van der Waals surface area contributed by atoms with Gasteiger partial charge < -0.3 is 15.5 Å². The van der Waals surface area contributed by atoms with Crippen LogP contribution in [0.25, 0.3) is 5.52 Å². The van der Waals surface area contributed by atoms with E-state index in [1.54, 1.807) is 12.3 Å². The maximum atomic E-state index is 13.2. The highest BCUT2D eigenvalue weighted by atomic mass is 19.4. The van der Waals surface area contributed by atoms with E-state index >= 15 is 0 Å². The number of rotatable bonds is 3. The van der Waals surface area contributed by atoms with Gasteiger partial charge in [0.1, 0.15) is 5.69 Å². The number of nitrogens with one attached hydrogen (secondary N) is 2. The molecule has 2 atom stereocenters. The van der Waals surface area contributed by atoms with Gasteiger partial charge in [-0.15, -0.1) is 5.10 Å². The Balaban J connectivity index is 1.46. The standard InChI is InChI=1S/C20H19F3N6O/c21-20(22,23)15-3-1-2-4-16(15)26-18(30)17-8-7-14-10-25-19(27-29(14)17)28-11-12-5-6-13(28)9-24-12/h1-4,7-8,10,12-13,24H,5-6,9,11H2,(H,26,30). The number of hydrogen-bond acceptors (Lipinski definition) is 5. The largest absolute Gasteiger partial charge is 0.418 e. The van der Waals surface area contributed by atoms with Crippen LogP contribution in [-0.4, -0.2) is 45.7 Å². The van der Waals surface area contributed by atoms with Crippen LogP contribution in [0.2, 0.25) is 0 Å². The van der Waals surface area contributed by atoms with E-state index in [0.29, 0.717) is 23.5 Å². The zero-order chi connectivity index (χ0) is 20.9. The molecule has 1 aromatic carbocycles. The number of piperazine rings is 1. The Bertz CT molecular complexity index is 1100. The zero-order valence-corrected chi connectivity index (χ0v) is 15.9. The summed E-state index contributed by atoms with van der Waals surface area (Å²) in [7, 11) is 0. The Morgan fingerprint density at radius 2 is 2.00 bits per heavy atom. The van der Waals surface area contributed by atoms with E-state index in [-0.39, 0.29) is 11.4 Å². The molecule has 10 heteroatoms. The fraction of sp³-hybridized carbons (Fsp3) is 0.350. The van der Waals surface area contributed by atoms with Crippen molar-refractivity contribution in [2.24, 2.45) is 0 Å². The fourth-order valence-electron chi connectivity index (χ4n) is 4.18. The number of aromatic nitrogens is 3. The lowest BCUT2D eigenvalue weighted by atomic mass is 9.93. The molecule has 0 spiro atoms. The van der Waals surface area contributed by atoms with Crippen LogP contribution in [0.5, 0.6) is 0 Å². The van der Waals surface area contributed by atoms with E-state index in [4.69, 9.17) is 0 Å². The van der Waals surface area contributed by atoms with Crippen LogP contribution in [0.15, 0.2) is 42.6 Å². The van der Waals surface area contributed by atoms with Crippen LogP contribution in [0.3, 0.4) is 0 Å². The average Bonchev–Trinajstić information content (AvgIpc) is 3.17. The highest BCUT2D eigenvalue weighted by molar-refractivity contribution is 6.04. The molecule has 1 amide bonds.